The van der Waals surface area contributed by atoms with Gasteiger partial charge in [-0.1, -0.05) is 0 Å². The van der Waals surface area contributed by atoms with E-state index >= 15 is 0 Å². The molecule has 5 heteroatoms. The van der Waals surface area contributed by atoms with Gasteiger partial charge in [-0.2, -0.15) is 0 Å². The van der Waals surface area contributed by atoms with Crippen molar-refractivity contribution in [3.05, 3.63) is 0 Å². The average molecular weight is 255 g/mol. The Labute approximate surface area is 107 Å². The van der Waals surface area contributed by atoms with E-state index in [1.165, 1.54) is 0 Å². The fourth-order valence-corrected chi connectivity index (χ4v) is 3.30. The monoisotopic (exact) mass is 255 g/mol. The first-order chi connectivity index (χ1) is 8.28. The number of rotatable bonds is 2. The summed E-state index contributed by atoms with van der Waals surface area (Å²) in [5, 5.41) is 12.0. The van der Waals surface area contributed by atoms with E-state index in [1.54, 1.807) is 20.8 Å². The van der Waals surface area contributed by atoms with Gasteiger partial charge in [-0.25, -0.2) is 4.79 Å². The van der Waals surface area contributed by atoms with Crippen molar-refractivity contribution in [2.45, 2.75) is 51.7 Å². The van der Waals surface area contributed by atoms with Crippen LogP contribution in [0.1, 0.15) is 40.0 Å². The molecule has 0 heterocycles. The van der Waals surface area contributed by atoms with Crippen LogP contribution in [0.25, 0.3) is 0 Å². The highest BCUT2D eigenvalue weighted by Crippen LogP contribution is 2.48. The zero-order chi connectivity index (χ0) is 13.5. The van der Waals surface area contributed by atoms with E-state index in [-0.39, 0.29) is 12.0 Å². The quantitative estimate of drug-likeness (QED) is 0.791. The van der Waals surface area contributed by atoms with Gasteiger partial charge in [0.1, 0.15) is 5.60 Å². The Kier molecular flexibility index (Phi) is 3.25. The fourth-order valence-electron chi connectivity index (χ4n) is 3.30. The largest absolute Gasteiger partial charge is 0.481 e. The number of hydrogen-bond donors (Lipinski definition) is 2. The lowest BCUT2D eigenvalue weighted by atomic mass is 9.84. The van der Waals surface area contributed by atoms with Gasteiger partial charge in [0, 0.05) is 6.04 Å². The maximum atomic E-state index is 11.7. The molecule has 0 aliphatic heterocycles. The number of fused-ring (bicyclic) bond motifs is 2. The Balaban J connectivity index is 2.00. The van der Waals surface area contributed by atoms with Gasteiger partial charge >= 0.3 is 12.1 Å². The minimum Gasteiger partial charge on any atom is -0.481 e. The standard InChI is InChI=1S/C13H21NO4/c1-13(2,3)18-12(17)14-10-8-5-4-7(6-8)9(10)11(15)16/h7-10H,4-6H2,1-3H3,(H,14,17)(H,15,16)/t7-,8-,9-,10+/m0/s1. The molecule has 1 amide bonds. The summed E-state index contributed by atoms with van der Waals surface area (Å²) in [4.78, 5) is 23.0. The number of hydrogen-bond acceptors (Lipinski definition) is 3. The number of amides is 1. The summed E-state index contributed by atoms with van der Waals surface area (Å²) < 4.78 is 5.19. The fraction of sp³-hybridized carbons (Fsp3) is 0.846. The summed E-state index contributed by atoms with van der Waals surface area (Å²) in [7, 11) is 0. The van der Waals surface area contributed by atoms with Crippen LogP contribution in [0.2, 0.25) is 0 Å². The molecular weight excluding hydrogens is 234 g/mol. The number of alkyl carbamates (subject to hydrolysis) is 1. The normalized spacial score (nSPS) is 34.4. The molecule has 5 nitrogen and oxygen atoms in total. The van der Waals surface area contributed by atoms with Crippen molar-refractivity contribution in [2.24, 2.45) is 17.8 Å². The molecule has 0 aromatic rings. The summed E-state index contributed by atoms with van der Waals surface area (Å²) in [6.07, 6.45) is 2.38. The topological polar surface area (TPSA) is 75.6 Å². The lowest BCUT2D eigenvalue weighted by molar-refractivity contribution is -0.144. The lowest BCUT2D eigenvalue weighted by Crippen LogP contribution is -2.48. The van der Waals surface area contributed by atoms with Crippen LogP contribution in [-0.4, -0.2) is 28.8 Å². The molecule has 4 atom stereocenters. The summed E-state index contributed by atoms with van der Waals surface area (Å²) in [5.74, 6) is -0.740. The number of carbonyl (C=O) groups is 2. The second kappa shape index (κ2) is 4.44. The van der Waals surface area contributed by atoms with Crippen LogP contribution < -0.4 is 5.32 Å². The molecule has 2 bridgehead atoms. The number of nitrogens with one attached hydrogen (secondary N) is 1. The van der Waals surface area contributed by atoms with Gasteiger partial charge in [-0.15, -0.1) is 0 Å². The van der Waals surface area contributed by atoms with Crippen LogP contribution in [0.5, 0.6) is 0 Å². The minimum absolute atomic E-state index is 0.215. The number of ether oxygens (including phenoxy) is 1. The van der Waals surface area contributed by atoms with E-state index in [1.807, 2.05) is 0 Å². The first kappa shape index (κ1) is 13.2. The Morgan fingerprint density at radius 1 is 1.22 bits per heavy atom. The van der Waals surface area contributed by atoms with Crippen molar-refractivity contribution in [3.8, 4) is 0 Å². The summed E-state index contributed by atoms with van der Waals surface area (Å²) in [6, 6.07) is -0.268. The van der Waals surface area contributed by atoms with Gasteiger partial charge in [0.05, 0.1) is 5.92 Å². The van der Waals surface area contributed by atoms with E-state index in [9.17, 15) is 14.7 Å². The Morgan fingerprint density at radius 2 is 1.83 bits per heavy atom. The molecule has 0 radical (unpaired) electrons. The van der Waals surface area contributed by atoms with E-state index in [4.69, 9.17) is 4.74 Å². The maximum Gasteiger partial charge on any atom is 0.407 e. The highest BCUT2D eigenvalue weighted by molar-refractivity contribution is 5.75. The summed E-state index contributed by atoms with van der Waals surface area (Å²) in [6.45, 7) is 5.38. The first-order valence-electron chi connectivity index (χ1n) is 6.50. The zero-order valence-electron chi connectivity index (χ0n) is 11.1. The smallest absolute Gasteiger partial charge is 0.407 e. The molecule has 0 unspecified atom stereocenters. The Bertz CT molecular complexity index is 360. The van der Waals surface area contributed by atoms with Crippen molar-refractivity contribution in [1.82, 2.24) is 5.32 Å². The predicted molar refractivity (Wildman–Crippen MR) is 65.1 cm³/mol. The molecule has 0 saturated heterocycles. The molecular formula is C13H21NO4. The third-order valence-electron chi connectivity index (χ3n) is 3.88. The molecule has 2 aliphatic carbocycles. The van der Waals surface area contributed by atoms with Crippen LogP contribution in [0, 0.1) is 17.8 Å². The molecule has 18 heavy (non-hydrogen) atoms. The molecule has 102 valence electrons. The van der Waals surface area contributed by atoms with Crippen LogP contribution in [0.4, 0.5) is 4.79 Å². The lowest BCUT2D eigenvalue weighted by Gasteiger charge is -2.30. The number of carboxylic acids is 1. The number of carboxylic acid groups (broad SMARTS) is 1. The van der Waals surface area contributed by atoms with Gasteiger partial charge < -0.3 is 15.2 Å². The molecule has 2 saturated carbocycles. The van der Waals surface area contributed by atoms with Gasteiger partial charge in [0.2, 0.25) is 0 Å². The van der Waals surface area contributed by atoms with Crippen molar-refractivity contribution in [2.75, 3.05) is 0 Å². The van der Waals surface area contributed by atoms with Gasteiger partial charge in [-0.05, 0) is 51.9 Å². The Hall–Kier alpha value is -1.26. The molecule has 2 rings (SSSR count). The third kappa shape index (κ3) is 2.60. The molecule has 0 aromatic heterocycles. The maximum absolute atomic E-state index is 11.7. The molecule has 0 aromatic carbocycles. The third-order valence-corrected chi connectivity index (χ3v) is 3.88. The zero-order valence-corrected chi connectivity index (χ0v) is 11.1. The molecule has 0 spiro atoms. The number of carbonyl (C=O) groups excluding carboxylic acids is 1. The minimum atomic E-state index is -0.803. The Morgan fingerprint density at radius 3 is 2.39 bits per heavy atom. The predicted octanol–water partition coefficient (Wildman–Crippen LogP) is 2.01. The number of aliphatic carboxylic acids is 1. The van der Waals surface area contributed by atoms with Crippen molar-refractivity contribution < 1.29 is 19.4 Å². The molecule has 2 N–H and O–H groups in total. The van der Waals surface area contributed by atoms with Gasteiger partial charge in [-0.3, -0.25) is 4.79 Å². The van der Waals surface area contributed by atoms with Gasteiger partial charge in [0.15, 0.2) is 0 Å². The average Bonchev–Trinajstić information content (AvgIpc) is 2.73. The van der Waals surface area contributed by atoms with E-state index < -0.39 is 23.6 Å². The molecule has 2 aliphatic rings. The summed E-state index contributed by atoms with van der Waals surface area (Å²) >= 11 is 0. The first-order valence-corrected chi connectivity index (χ1v) is 6.50. The van der Waals surface area contributed by atoms with Crippen molar-refractivity contribution >= 4 is 12.1 Å². The SMILES string of the molecule is CC(C)(C)OC(=O)N[C@@H]1[C@H]2CC[C@@H](C2)[C@@H]1C(=O)O. The van der Waals surface area contributed by atoms with E-state index in [2.05, 4.69) is 5.32 Å². The van der Waals surface area contributed by atoms with Crippen LogP contribution >= 0.6 is 0 Å². The van der Waals surface area contributed by atoms with Crippen molar-refractivity contribution in [1.29, 1.82) is 0 Å². The highest BCUT2D eigenvalue weighted by Gasteiger charge is 2.51. The molecule has 2 fully saturated rings. The van der Waals surface area contributed by atoms with E-state index in [0.29, 0.717) is 5.92 Å². The van der Waals surface area contributed by atoms with Crippen LogP contribution in [0.15, 0.2) is 0 Å². The van der Waals surface area contributed by atoms with E-state index in [0.717, 1.165) is 19.3 Å². The second-order valence-corrected chi connectivity index (χ2v) is 6.37. The van der Waals surface area contributed by atoms with Crippen molar-refractivity contribution in [3.63, 3.8) is 0 Å². The van der Waals surface area contributed by atoms with Crippen LogP contribution in [0.3, 0.4) is 0 Å². The van der Waals surface area contributed by atoms with Gasteiger partial charge in [0.25, 0.3) is 0 Å². The highest BCUT2D eigenvalue weighted by atomic mass is 16.6. The summed E-state index contributed by atoms with van der Waals surface area (Å²) in [5.41, 5.74) is -0.555. The van der Waals surface area contributed by atoms with Crippen LogP contribution in [-0.2, 0) is 9.53 Å². The second-order valence-electron chi connectivity index (χ2n) is 6.37.